The minimum atomic E-state index is -1.17. The molecule has 154 valence electrons. The topological polar surface area (TPSA) is 116 Å². The molecule has 0 spiro atoms. The maximum Gasteiger partial charge on any atom is 0.342 e. The van der Waals surface area contributed by atoms with Gasteiger partial charge in [0.05, 0.1) is 33.2 Å². The molecular weight excluding hydrogens is 412 g/mol. The van der Waals surface area contributed by atoms with Gasteiger partial charge in [0.2, 0.25) is 0 Å². The van der Waals surface area contributed by atoms with E-state index in [9.17, 15) is 19.7 Å². The van der Waals surface area contributed by atoms with Gasteiger partial charge in [-0.1, -0.05) is 29.8 Å². The van der Waals surface area contributed by atoms with Crippen LogP contribution >= 0.6 is 11.6 Å². The molecule has 3 rings (SSSR count). The molecule has 30 heavy (non-hydrogen) atoms. The fraction of sp³-hybridized carbons (Fsp3) is 0.150. The Bertz CT molecular complexity index is 1110. The van der Waals surface area contributed by atoms with Crippen molar-refractivity contribution in [1.82, 2.24) is 9.78 Å². The Morgan fingerprint density at radius 3 is 2.60 bits per heavy atom. The minimum absolute atomic E-state index is 0.0480. The van der Waals surface area contributed by atoms with Gasteiger partial charge >= 0.3 is 5.97 Å². The SMILES string of the molecule is Cc1c(C(=O)OC(C)C(=O)Nc2cc([N+](=O)[O-])ccc2Cl)cnn1-c1ccccc1. The molecule has 1 aromatic heterocycles. The lowest BCUT2D eigenvalue weighted by Gasteiger charge is -2.14. The Morgan fingerprint density at radius 2 is 1.93 bits per heavy atom. The largest absolute Gasteiger partial charge is 0.449 e. The highest BCUT2D eigenvalue weighted by Gasteiger charge is 2.23. The molecule has 0 aliphatic carbocycles. The smallest absolute Gasteiger partial charge is 0.342 e. The number of para-hydroxylation sites is 1. The summed E-state index contributed by atoms with van der Waals surface area (Å²) in [5.74, 6) is -1.40. The molecule has 1 unspecified atom stereocenters. The van der Waals surface area contributed by atoms with E-state index in [2.05, 4.69) is 10.4 Å². The van der Waals surface area contributed by atoms with Crippen molar-refractivity contribution >= 4 is 34.9 Å². The number of hydrogen-bond donors (Lipinski definition) is 1. The lowest BCUT2D eigenvalue weighted by Crippen LogP contribution is -2.30. The van der Waals surface area contributed by atoms with Gasteiger partial charge in [-0.2, -0.15) is 5.10 Å². The average Bonchev–Trinajstić information content (AvgIpc) is 3.11. The summed E-state index contributed by atoms with van der Waals surface area (Å²) in [5, 5.41) is 17.6. The maximum absolute atomic E-state index is 12.5. The first-order chi connectivity index (χ1) is 14.3. The zero-order chi connectivity index (χ0) is 21.8. The minimum Gasteiger partial charge on any atom is -0.449 e. The number of amides is 1. The number of nitrogens with zero attached hydrogens (tertiary/aromatic N) is 3. The van der Waals surface area contributed by atoms with Gasteiger partial charge in [0, 0.05) is 12.1 Å². The van der Waals surface area contributed by atoms with E-state index < -0.39 is 22.9 Å². The molecule has 1 atom stereocenters. The van der Waals surface area contributed by atoms with Crippen LogP contribution in [-0.2, 0) is 9.53 Å². The number of ether oxygens (including phenoxy) is 1. The highest BCUT2D eigenvalue weighted by Crippen LogP contribution is 2.27. The number of benzene rings is 2. The molecule has 0 aliphatic rings. The number of nitrogens with one attached hydrogen (secondary N) is 1. The fourth-order valence-electron chi connectivity index (χ4n) is 2.67. The van der Waals surface area contributed by atoms with E-state index >= 15 is 0 Å². The highest BCUT2D eigenvalue weighted by molar-refractivity contribution is 6.33. The molecular formula is C20H17ClN4O5. The van der Waals surface area contributed by atoms with Crippen molar-refractivity contribution < 1.29 is 19.2 Å². The number of halogens is 1. The number of esters is 1. The van der Waals surface area contributed by atoms with Crippen LogP contribution < -0.4 is 5.32 Å². The molecule has 2 aromatic carbocycles. The highest BCUT2D eigenvalue weighted by atomic mass is 35.5. The molecule has 1 heterocycles. The number of hydrogen-bond acceptors (Lipinski definition) is 6. The Labute approximate surface area is 176 Å². The predicted molar refractivity (Wildman–Crippen MR) is 110 cm³/mol. The third-order valence-corrected chi connectivity index (χ3v) is 4.63. The first kappa shape index (κ1) is 21.0. The van der Waals surface area contributed by atoms with E-state index in [1.54, 1.807) is 11.6 Å². The molecule has 0 fully saturated rings. The molecule has 1 amide bonds. The van der Waals surface area contributed by atoms with Gasteiger partial charge in [0.25, 0.3) is 11.6 Å². The first-order valence-electron chi connectivity index (χ1n) is 8.83. The van der Waals surface area contributed by atoms with Gasteiger partial charge in [-0.15, -0.1) is 0 Å². The van der Waals surface area contributed by atoms with Gasteiger partial charge in [0.1, 0.15) is 5.56 Å². The van der Waals surface area contributed by atoms with E-state index in [-0.39, 0.29) is 22.0 Å². The van der Waals surface area contributed by atoms with E-state index in [4.69, 9.17) is 16.3 Å². The second kappa shape index (κ2) is 8.75. The van der Waals surface area contributed by atoms with Crippen LogP contribution in [0.25, 0.3) is 5.69 Å². The van der Waals surface area contributed by atoms with Crippen molar-refractivity contribution in [3.8, 4) is 5.69 Å². The van der Waals surface area contributed by atoms with Crippen LogP contribution in [-0.4, -0.2) is 32.7 Å². The zero-order valence-electron chi connectivity index (χ0n) is 16.0. The lowest BCUT2D eigenvalue weighted by molar-refractivity contribution is -0.384. The van der Waals surface area contributed by atoms with Crippen LogP contribution in [0.1, 0.15) is 23.0 Å². The average molecular weight is 429 g/mol. The predicted octanol–water partition coefficient (Wildman–Crippen LogP) is 3.93. The molecule has 0 saturated carbocycles. The van der Waals surface area contributed by atoms with E-state index in [1.165, 1.54) is 25.3 Å². The standard InChI is InChI=1S/C20H17ClN4O5/c1-12-16(11-22-24(12)14-6-4-3-5-7-14)20(27)30-13(2)19(26)23-18-10-15(25(28)29)8-9-17(18)21/h3-11,13H,1-2H3,(H,23,26). The van der Waals surface area contributed by atoms with Crippen molar-refractivity contribution in [2.24, 2.45) is 0 Å². The molecule has 0 saturated heterocycles. The Morgan fingerprint density at radius 1 is 1.23 bits per heavy atom. The van der Waals surface area contributed by atoms with E-state index in [0.29, 0.717) is 5.69 Å². The van der Waals surface area contributed by atoms with Gasteiger partial charge in [0.15, 0.2) is 6.10 Å². The van der Waals surface area contributed by atoms with Crippen molar-refractivity contribution in [2.45, 2.75) is 20.0 Å². The monoisotopic (exact) mass is 428 g/mol. The van der Waals surface area contributed by atoms with Gasteiger partial charge in [-0.05, 0) is 32.0 Å². The number of nitro groups is 1. The molecule has 0 aliphatic heterocycles. The van der Waals surface area contributed by atoms with Gasteiger partial charge in [-0.25, -0.2) is 9.48 Å². The summed E-state index contributed by atoms with van der Waals surface area (Å²) in [6.07, 6.45) is 0.194. The van der Waals surface area contributed by atoms with Crippen LogP contribution in [0.5, 0.6) is 0 Å². The molecule has 10 heteroatoms. The maximum atomic E-state index is 12.5. The number of nitro benzene ring substituents is 1. The van der Waals surface area contributed by atoms with Crippen molar-refractivity contribution in [3.63, 3.8) is 0 Å². The second-order valence-corrected chi connectivity index (χ2v) is 6.76. The summed E-state index contributed by atoms with van der Waals surface area (Å²) in [7, 11) is 0. The number of non-ortho nitro benzene ring substituents is 1. The molecule has 0 radical (unpaired) electrons. The molecule has 1 N–H and O–H groups in total. The summed E-state index contributed by atoms with van der Waals surface area (Å²) < 4.78 is 6.82. The van der Waals surface area contributed by atoms with Crippen LogP contribution in [0.3, 0.4) is 0 Å². The normalized spacial score (nSPS) is 11.6. The van der Waals surface area contributed by atoms with Gasteiger partial charge in [-0.3, -0.25) is 14.9 Å². The Hall–Kier alpha value is -3.72. The van der Waals surface area contributed by atoms with Crippen molar-refractivity contribution in [3.05, 3.63) is 81.1 Å². The number of aromatic nitrogens is 2. The fourth-order valence-corrected chi connectivity index (χ4v) is 2.84. The van der Waals surface area contributed by atoms with Gasteiger partial charge < -0.3 is 10.1 Å². The summed E-state index contributed by atoms with van der Waals surface area (Å²) >= 11 is 5.98. The van der Waals surface area contributed by atoms with E-state index in [1.807, 2.05) is 30.3 Å². The number of anilines is 1. The Kier molecular flexibility index (Phi) is 6.12. The Balaban J connectivity index is 1.70. The molecule has 9 nitrogen and oxygen atoms in total. The lowest BCUT2D eigenvalue weighted by atomic mass is 10.2. The van der Waals surface area contributed by atoms with Crippen molar-refractivity contribution in [2.75, 3.05) is 5.32 Å². The molecule has 0 bridgehead atoms. The molecule has 3 aromatic rings. The summed E-state index contributed by atoms with van der Waals surface area (Å²) in [6.45, 7) is 3.10. The quantitative estimate of drug-likeness (QED) is 0.361. The number of carbonyl (C=O) groups excluding carboxylic acids is 2. The van der Waals surface area contributed by atoms with Crippen LogP contribution in [0.2, 0.25) is 5.02 Å². The number of carbonyl (C=O) groups is 2. The second-order valence-electron chi connectivity index (χ2n) is 6.35. The summed E-state index contributed by atoms with van der Waals surface area (Å²) in [5.41, 5.74) is 1.36. The summed E-state index contributed by atoms with van der Waals surface area (Å²) in [4.78, 5) is 35.2. The third kappa shape index (κ3) is 4.47. The van der Waals surface area contributed by atoms with Crippen LogP contribution in [0, 0.1) is 17.0 Å². The first-order valence-corrected chi connectivity index (χ1v) is 9.21. The van der Waals surface area contributed by atoms with Crippen molar-refractivity contribution in [1.29, 1.82) is 0 Å². The third-order valence-electron chi connectivity index (χ3n) is 4.30. The number of rotatable bonds is 6. The van der Waals surface area contributed by atoms with Crippen LogP contribution in [0.15, 0.2) is 54.7 Å². The summed E-state index contributed by atoms with van der Waals surface area (Å²) in [6, 6.07) is 12.9. The van der Waals surface area contributed by atoms with E-state index in [0.717, 1.165) is 11.8 Å². The van der Waals surface area contributed by atoms with Crippen LogP contribution in [0.4, 0.5) is 11.4 Å². The zero-order valence-corrected chi connectivity index (χ0v) is 16.8.